The molecule has 0 saturated carbocycles. The quantitative estimate of drug-likeness (QED) is 0.741. The molecule has 1 saturated heterocycles. The minimum absolute atomic E-state index is 0.0727. The van der Waals surface area contributed by atoms with Crippen LogP contribution in [0.4, 0.5) is 0 Å². The summed E-state index contributed by atoms with van der Waals surface area (Å²) in [6.45, 7) is 4.08. The molecule has 1 aromatic heterocycles. The predicted molar refractivity (Wildman–Crippen MR) is 82.4 cm³/mol. The number of nitrogens with zero attached hydrogens (tertiary/aromatic N) is 2. The molecule has 100 valence electrons. The average molecular weight is 292 g/mol. The molecule has 3 rings (SSSR count). The van der Waals surface area contributed by atoms with Crippen molar-refractivity contribution in [2.45, 2.75) is 26.2 Å². The highest BCUT2D eigenvalue weighted by molar-refractivity contribution is 8.18. The first-order valence-corrected chi connectivity index (χ1v) is 8.26. The SMILES string of the molecule is C/C(=C1\SC(N2CCCCC2)=NC1=O)c1cccs1. The van der Waals surface area contributed by atoms with Crippen LogP contribution in [-0.2, 0) is 4.79 Å². The molecule has 5 heteroatoms. The van der Waals surface area contributed by atoms with E-state index in [2.05, 4.69) is 16.0 Å². The van der Waals surface area contributed by atoms with Crippen LogP contribution in [0.15, 0.2) is 27.4 Å². The largest absolute Gasteiger partial charge is 0.351 e. The highest BCUT2D eigenvalue weighted by atomic mass is 32.2. The summed E-state index contributed by atoms with van der Waals surface area (Å²) in [6, 6.07) is 4.07. The van der Waals surface area contributed by atoms with Crippen molar-refractivity contribution in [2.75, 3.05) is 13.1 Å². The van der Waals surface area contributed by atoms with Gasteiger partial charge >= 0.3 is 0 Å². The van der Waals surface area contributed by atoms with E-state index < -0.39 is 0 Å². The number of likely N-dealkylation sites (tertiary alicyclic amines) is 1. The van der Waals surface area contributed by atoms with Gasteiger partial charge in [0.05, 0.1) is 4.91 Å². The summed E-state index contributed by atoms with van der Waals surface area (Å²) in [5, 5.41) is 2.94. The summed E-state index contributed by atoms with van der Waals surface area (Å²) < 4.78 is 0. The van der Waals surface area contributed by atoms with Crippen molar-refractivity contribution in [1.29, 1.82) is 0 Å². The fraction of sp³-hybridized carbons (Fsp3) is 0.429. The van der Waals surface area contributed by atoms with E-state index in [0.29, 0.717) is 0 Å². The zero-order valence-electron chi connectivity index (χ0n) is 10.9. The number of amides is 1. The number of allylic oxidation sites excluding steroid dienone is 1. The van der Waals surface area contributed by atoms with Crippen molar-refractivity contribution >= 4 is 39.7 Å². The van der Waals surface area contributed by atoms with Crippen molar-refractivity contribution in [3.63, 3.8) is 0 Å². The van der Waals surface area contributed by atoms with Gasteiger partial charge in [-0.1, -0.05) is 6.07 Å². The number of thiophene rings is 1. The highest BCUT2D eigenvalue weighted by Gasteiger charge is 2.28. The van der Waals surface area contributed by atoms with Gasteiger partial charge in [0.15, 0.2) is 5.17 Å². The van der Waals surface area contributed by atoms with E-state index in [-0.39, 0.29) is 5.91 Å². The van der Waals surface area contributed by atoms with Crippen LogP contribution in [0.3, 0.4) is 0 Å². The summed E-state index contributed by atoms with van der Waals surface area (Å²) in [7, 11) is 0. The van der Waals surface area contributed by atoms with Crippen molar-refractivity contribution in [3.05, 3.63) is 27.3 Å². The molecule has 0 spiro atoms. The zero-order valence-corrected chi connectivity index (χ0v) is 12.5. The monoisotopic (exact) mass is 292 g/mol. The van der Waals surface area contributed by atoms with Crippen molar-refractivity contribution < 1.29 is 4.79 Å². The topological polar surface area (TPSA) is 32.7 Å². The maximum atomic E-state index is 12.1. The minimum atomic E-state index is -0.0727. The zero-order chi connectivity index (χ0) is 13.2. The first kappa shape index (κ1) is 12.9. The van der Waals surface area contributed by atoms with Crippen molar-refractivity contribution in [2.24, 2.45) is 4.99 Å². The second-order valence-corrected chi connectivity index (χ2v) is 6.71. The van der Waals surface area contributed by atoms with Gasteiger partial charge < -0.3 is 4.90 Å². The summed E-state index contributed by atoms with van der Waals surface area (Å²) in [4.78, 5) is 20.5. The third-order valence-corrected chi connectivity index (χ3v) is 5.65. The molecule has 0 atom stereocenters. The highest BCUT2D eigenvalue weighted by Crippen LogP contribution is 2.36. The number of hydrogen-bond acceptors (Lipinski definition) is 4. The Morgan fingerprint density at radius 2 is 2.11 bits per heavy atom. The summed E-state index contributed by atoms with van der Waals surface area (Å²) in [5.74, 6) is -0.0727. The Labute approximate surface area is 121 Å². The molecule has 0 aliphatic carbocycles. The van der Waals surface area contributed by atoms with Crippen LogP contribution in [-0.4, -0.2) is 29.1 Å². The number of hydrogen-bond donors (Lipinski definition) is 0. The number of piperidine rings is 1. The van der Waals surface area contributed by atoms with Gasteiger partial charge in [-0.05, 0) is 55.0 Å². The number of carbonyl (C=O) groups excluding carboxylic acids is 1. The van der Waals surface area contributed by atoms with E-state index in [1.807, 2.05) is 18.4 Å². The van der Waals surface area contributed by atoms with Gasteiger partial charge in [0.1, 0.15) is 0 Å². The minimum Gasteiger partial charge on any atom is -0.351 e. The standard InChI is InChI=1S/C14H16N2OS2/c1-10(11-6-5-9-18-11)12-13(17)15-14(19-12)16-7-3-2-4-8-16/h5-6,9H,2-4,7-8H2,1H3/b12-10+. The summed E-state index contributed by atoms with van der Waals surface area (Å²) in [5.41, 5.74) is 1.06. The molecule has 3 nitrogen and oxygen atoms in total. The van der Waals surface area contributed by atoms with Crippen LogP contribution in [0, 0.1) is 0 Å². The Bertz CT molecular complexity index is 540. The Hall–Kier alpha value is -1.07. The van der Waals surface area contributed by atoms with E-state index >= 15 is 0 Å². The fourth-order valence-corrected chi connectivity index (χ4v) is 4.18. The molecule has 1 amide bonds. The van der Waals surface area contributed by atoms with Gasteiger partial charge in [-0.2, -0.15) is 4.99 Å². The molecule has 0 N–H and O–H groups in total. The normalized spacial score (nSPS) is 22.7. The van der Waals surface area contributed by atoms with Gasteiger partial charge in [-0.25, -0.2) is 0 Å². The summed E-state index contributed by atoms with van der Waals surface area (Å²) >= 11 is 3.21. The van der Waals surface area contributed by atoms with Crippen LogP contribution in [0.25, 0.3) is 5.57 Å². The van der Waals surface area contributed by atoms with Crippen LogP contribution in [0.5, 0.6) is 0 Å². The lowest BCUT2D eigenvalue weighted by Gasteiger charge is -2.27. The number of rotatable bonds is 1. The van der Waals surface area contributed by atoms with Gasteiger partial charge in [0.25, 0.3) is 5.91 Å². The van der Waals surface area contributed by atoms with Crippen molar-refractivity contribution in [1.82, 2.24) is 4.90 Å². The first-order valence-electron chi connectivity index (χ1n) is 6.56. The fourth-order valence-electron chi connectivity index (χ4n) is 2.36. The average Bonchev–Trinajstić information content (AvgIpc) is 3.08. The van der Waals surface area contributed by atoms with Crippen LogP contribution >= 0.6 is 23.1 Å². The van der Waals surface area contributed by atoms with Crippen LogP contribution in [0.1, 0.15) is 31.1 Å². The lowest BCUT2D eigenvalue weighted by molar-refractivity contribution is -0.113. The molecule has 0 aromatic carbocycles. The molecular weight excluding hydrogens is 276 g/mol. The van der Waals surface area contributed by atoms with Gasteiger partial charge in [-0.3, -0.25) is 4.79 Å². The van der Waals surface area contributed by atoms with Gasteiger partial charge in [-0.15, -0.1) is 11.3 Å². The van der Waals surface area contributed by atoms with Gasteiger partial charge in [0.2, 0.25) is 0 Å². The molecule has 0 bridgehead atoms. The van der Waals surface area contributed by atoms with E-state index in [1.54, 1.807) is 23.1 Å². The van der Waals surface area contributed by atoms with E-state index in [1.165, 1.54) is 19.3 Å². The van der Waals surface area contributed by atoms with E-state index in [4.69, 9.17) is 0 Å². The van der Waals surface area contributed by atoms with E-state index in [9.17, 15) is 4.79 Å². The number of aliphatic imine (C=N–C) groups is 1. The number of thioether (sulfide) groups is 1. The van der Waals surface area contributed by atoms with Crippen molar-refractivity contribution in [3.8, 4) is 0 Å². The Balaban J connectivity index is 1.81. The third kappa shape index (κ3) is 2.62. The number of amidine groups is 1. The molecule has 2 aliphatic rings. The molecule has 1 aromatic rings. The summed E-state index contributed by atoms with van der Waals surface area (Å²) in [6.07, 6.45) is 3.70. The lowest BCUT2D eigenvalue weighted by Crippen LogP contribution is -2.33. The van der Waals surface area contributed by atoms with Crippen LogP contribution < -0.4 is 0 Å². The molecule has 1 fully saturated rings. The molecule has 0 radical (unpaired) electrons. The maximum absolute atomic E-state index is 12.1. The second-order valence-electron chi connectivity index (χ2n) is 4.78. The molecular formula is C14H16N2OS2. The molecule has 19 heavy (non-hydrogen) atoms. The Morgan fingerprint density at radius 1 is 1.32 bits per heavy atom. The predicted octanol–water partition coefficient (Wildman–Crippen LogP) is 3.59. The third-order valence-electron chi connectivity index (χ3n) is 3.44. The lowest BCUT2D eigenvalue weighted by atomic mass is 10.1. The Morgan fingerprint density at radius 3 is 2.79 bits per heavy atom. The van der Waals surface area contributed by atoms with Crippen LogP contribution in [0.2, 0.25) is 0 Å². The van der Waals surface area contributed by atoms with Gasteiger partial charge in [0, 0.05) is 18.0 Å². The number of carbonyl (C=O) groups is 1. The first-order chi connectivity index (χ1) is 9.25. The maximum Gasteiger partial charge on any atom is 0.286 e. The Kier molecular flexibility index (Phi) is 3.75. The smallest absolute Gasteiger partial charge is 0.286 e. The second kappa shape index (κ2) is 5.51. The molecule has 0 unspecified atom stereocenters. The molecule has 3 heterocycles. The molecule has 2 aliphatic heterocycles. The van der Waals surface area contributed by atoms with E-state index in [0.717, 1.165) is 33.6 Å².